The molecule has 0 N–H and O–H groups in total. The summed E-state index contributed by atoms with van der Waals surface area (Å²) in [6, 6.07) is 6.37. The van der Waals surface area contributed by atoms with Crippen LogP contribution in [-0.4, -0.2) is 46.5 Å². The number of nitrogens with zero attached hydrogens (tertiary/aromatic N) is 3. The Morgan fingerprint density at radius 2 is 2.12 bits per heavy atom. The van der Waals surface area contributed by atoms with Crippen LogP contribution in [0.1, 0.15) is 42.2 Å². The molecule has 0 aliphatic carbocycles. The number of furan rings is 1. The van der Waals surface area contributed by atoms with E-state index < -0.39 is 0 Å². The van der Waals surface area contributed by atoms with Crippen LogP contribution in [0, 0.1) is 19.8 Å². The summed E-state index contributed by atoms with van der Waals surface area (Å²) in [6.07, 6.45) is 3.48. The normalized spacial score (nSPS) is 24.1. The molecule has 2 fully saturated rings. The van der Waals surface area contributed by atoms with Gasteiger partial charge in [0.05, 0.1) is 12.2 Å². The molecule has 2 atom stereocenters. The highest BCUT2D eigenvalue weighted by atomic mass is 16.5. The van der Waals surface area contributed by atoms with Crippen LogP contribution in [-0.2, 0) is 17.8 Å². The highest BCUT2D eigenvalue weighted by Gasteiger charge is 2.39. The first kappa shape index (κ1) is 17.3. The SMILES string of the molecule is Cc1cc(CN2CC[C@@H]3[C@@H](CCC(=O)N3CCc3ccc(C)o3)C2)on1. The van der Waals surface area contributed by atoms with Gasteiger partial charge in [0.25, 0.3) is 0 Å². The van der Waals surface area contributed by atoms with E-state index in [0.29, 0.717) is 24.3 Å². The number of hydrogen-bond acceptors (Lipinski definition) is 5. The predicted octanol–water partition coefficient (Wildman–Crippen LogP) is 2.94. The summed E-state index contributed by atoms with van der Waals surface area (Å²) >= 11 is 0. The number of aryl methyl sites for hydroxylation is 2. The average Bonchev–Trinajstić information content (AvgIpc) is 3.22. The molecule has 140 valence electrons. The van der Waals surface area contributed by atoms with Crippen molar-refractivity contribution in [1.29, 1.82) is 0 Å². The number of likely N-dealkylation sites (tertiary alicyclic amines) is 2. The maximum Gasteiger partial charge on any atom is 0.222 e. The van der Waals surface area contributed by atoms with E-state index in [4.69, 9.17) is 8.94 Å². The van der Waals surface area contributed by atoms with Gasteiger partial charge in [0.1, 0.15) is 11.5 Å². The molecule has 26 heavy (non-hydrogen) atoms. The zero-order valence-corrected chi connectivity index (χ0v) is 15.6. The molecule has 0 bridgehead atoms. The van der Waals surface area contributed by atoms with Gasteiger partial charge in [-0.25, -0.2) is 0 Å². The van der Waals surface area contributed by atoms with Crippen LogP contribution in [0.4, 0.5) is 0 Å². The Hall–Kier alpha value is -2.08. The number of amides is 1. The summed E-state index contributed by atoms with van der Waals surface area (Å²) in [7, 11) is 0. The lowest BCUT2D eigenvalue weighted by Crippen LogP contribution is -2.56. The van der Waals surface area contributed by atoms with E-state index in [1.807, 2.05) is 32.0 Å². The monoisotopic (exact) mass is 357 g/mol. The van der Waals surface area contributed by atoms with Gasteiger partial charge in [0, 0.05) is 44.6 Å². The Labute approximate surface area is 154 Å². The number of hydrogen-bond donors (Lipinski definition) is 0. The number of aromatic nitrogens is 1. The molecule has 0 spiro atoms. The van der Waals surface area contributed by atoms with Gasteiger partial charge >= 0.3 is 0 Å². The largest absolute Gasteiger partial charge is 0.466 e. The van der Waals surface area contributed by atoms with E-state index in [2.05, 4.69) is 15.0 Å². The van der Waals surface area contributed by atoms with Crippen LogP contribution < -0.4 is 0 Å². The van der Waals surface area contributed by atoms with E-state index in [-0.39, 0.29) is 0 Å². The summed E-state index contributed by atoms with van der Waals surface area (Å²) in [5.74, 6) is 3.67. The third kappa shape index (κ3) is 3.70. The second kappa shape index (κ2) is 7.27. The maximum absolute atomic E-state index is 12.5. The summed E-state index contributed by atoms with van der Waals surface area (Å²) in [4.78, 5) is 17.1. The maximum atomic E-state index is 12.5. The first-order chi connectivity index (χ1) is 12.6. The fourth-order valence-electron chi connectivity index (χ4n) is 4.42. The minimum absolute atomic E-state index is 0.300. The summed E-state index contributed by atoms with van der Waals surface area (Å²) in [5, 5.41) is 3.98. The third-order valence-corrected chi connectivity index (χ3v) is 5.68. The number of carbonyl (C=O) groups excluding carboxylic acids is 1. The Kier molecular flexibility index (Phi) is 4.85. The van der Waals surface area contributed by atoms with Crippen molar-refractivity contribution >= 4 is 5.91 Å². The Balaban J connectivity index is 1.37. The van der Waals surface area contributed by atoms with Gasteiger partial charge < -0.3 is 13.8 Å². The number of piperidine rings is 2. The molecule has 0 unspecified atom stereocenters. The molecule has 4 heterocycles. The second-order valence-electron chi connectivity index (χ2n) is 7.67. The number of carbonyl (C=O) groups is 1. The lowest BCUT2D eigenvalue weighted by atomic mass is 9.83. The van der Waals surface area contributed by atoms with Crippen LogP contribution >= 0.6 is 0 Å². The third-order valence-electron chi connectivity index (χ3n) is 5.68. The predicted molar refractivity (Wildman–Crippen MR) is 96.5 cm³/mol. The first-order valence-electron chi connectivity index (χ1n) is 9.58. The fraction of sp³-hybridized carbons (Fsp3) is 0.600. The van der Waals surface area contributed by atoms with E-state index >= 15 is 0 Å². The summed E-state index contributed by atoms with van der Waals surface area (Å²) in [5.41, 5.74) is 0.928. The van der Waals surface area contributed by atoms with E-state index in [1.165, 1.54) is 0 Å². The van der Waals surface area contributed by atoms with Gasteiger partial charge in [0.15, 0.2) is 5.76 Å². The van der Waals surface area contributed by atoms with Gasteiger partial charge in [-0.15, -0.1) is 0 Å². The van der Waals surface area contributed by atoms with Crippen LogP contribution in [0.5, 0.6) is 0 Å². The van der Waals surface area contributed by atoms with Crippen LogP contribution in [0.3, 0.4) is 0 Å². The molecule has 0 aromatic carbocycles. The molecule has 4 rings (SSSR count). The standard InChI is InChI=1S/C20H27N3O3/c1-14-11-18(26-21-14)13-22-9-8-19-16(12-22)4-6-20(24)23(19)10-7-17-5-3-15(2)25-17/h3,5,11,16,19H,4,6-10,12-13H2,1-2H3/t16-,19+/m0/s1. The molecule has 2 aromatic heterocycles. The lowest BCUT2D eigenvalue weighted by Gasteiger charge is -2.47. The minimum atomic E-state index is 0.300. The average molecular weight is 357 g/mol. The van der Waals surface area contributed by atoms with Crippen molar-refractivity contribution in [3.05, 3.63) is 41.2 Å². The van der Waals surface area contributed by atoms with Gasteiger partial charge in [-0.3, -0.25) is 9.69 Å². The van der Waals surface area contributed by atoms with E-state index in [1.54, 1.807) is 0 Å². The molecule has 2 aromatic rings. The smallest absolute Gasteiger partial charge is 0.222 e. The molecule has 6 nitrogen and oxygen atoms in total. The van der Waals surface area contributed by atoms with Crippen LogP contribution in [0.15, 0.2) is 27.1 Å². The van der Waals surface area contributed by atoms with Crippen molar-refractivity contribution in [2.75, 3.05) is 19.6 Å². The molecular weight excluding hydrogens is 330 g/mol. The van der Waals surface area contributed by atoms with E-state index in [9.17, 15) is 4.79 Å². The van der Waals surface area contributed by atoms with Gasteiger partial charge in [0.2, 0.25) is 5.91 Å². The molecule has 0 saturated carbocycles. The molecule has 2 saturated heterocycles. The second-order valence-corrected chi connectivity index (χ2v) is 7.67. The quantitative estimate of drug-likeness (QED) is 0.823. The van der Waals surface area contributed by atoms with Crippen molar-refractivity contribution in [3.63, 3.8) is 0 Å². The highest BCUT2D eigenvalue weighted by molar-refractivity contribution is 5.77. The number of fused-ring (bicyclic) bond motifs is 1. The van der Waals surface area contributed by atoms with Crippen LogP contribution in [0.25, 0.3) is 0 Å². The first-order valence-corrected chi connectivity index (χ1v) is 9.58. The van der Waals surface area contributed by atoms with Crippen molar-refractivity contribution in [2.24, 2.45) is 5.92 Å². The minimum Gasteiger partial charge on any atom is -0.466 e. The zero-order valence-electron chi connectivity index (χ0n) is 15.6. The van der Waals surface area contributed by atoms with Crippen molar-refractivity contribution in [1.82, 2.24) is 15.0 Å². The highest BCUT2D eigenvalue weighted by Crippen LogP contribution is 2.32. The summed E-state index contributed by atoms with van der Waals surface area (Å²) in [6.45, 7) is 7.48. The number of rotatable bonds is 5. The molecule has 2 aliphatic heterocycles. The van der Waals surface area contributed by atoms with Crippen molar-refractivity contribution < 1.29 is 13.7 Å². The molecule has 0 radical (unpaired) electrons. The Bertz CT molecular complexity index is 766. The molecular formula is C20H27N3O3. The lowest BCUT2D eigenvalue weighted by molar-refractivity contribution is -0.141. The van der Waals surface area contributed by atoms with Crippen molar-refractivity contribution in [2.45, 2.75) is 52.1 Å². The van der Waals surface area contributed by atoms with Crippen LogP contribution in [0.2, 0.25) is 0 Å². The van der Waals surface area contributed by atoms with Gasteiger partial charge in [-0.1, -0.05) is 5.16 Å². The molecule has 6 heteroatoms. The molecule has 1 amide bonds. The topological polar surface area (TPSA) is 62.7 Å². The van der Waals surface area contributed by atoms with Crippen molar-refractivity contribution in [3.8, 4) is 0 Å². The summed E-state index contributed by atoms with van der Waals surface area (Å²) < 4.78 is 11.0. The Morgan fingerprint density at radius 1 is 1.23 bits per heavy atom. The van der Waals surface area contributed by atoms with Gasteiger partial charge in [-0.05, 0) is 44.7 Å². The van der Waals surface area contributed by atoms with E-state index in [0.717, 1.165) is 68.4 Å². The molecule has 2 aliphatic rings. The Morgan fingerprint density at radius 3 is 2.85 bits per heavy atom. The fourth-order valence-corrected chi connectivity index (χ4v) is 4.42. The van der Waals surface area contributed by atoms with Gasteiger partial charge in [-0.2, -0.15) is 0 Å². The zero-order chi connectivity index (χ0) is 18.1.